The molecule has 0 saturated heterocycles. The molecule has 0 N–H and O–H groups in total. The highest BCUT2D eigenvalue weighted by Gasteiger charge is 0.194. The Labute approximate surface area is 248 Å². The van der Waals surface area contributed by atoms with Crippen LogP contribution in [0.3, 0.4) is 0 Å². The Morgan fingerprint density at radius 2 is 0.154 bits per heavy atom. The summed E-state index contributed by atoms with van der Waals surface area (Å²) in [7, 11) is 0. The fourth-order valence-electron chi connectivity index (χ4n) is 0. The highest BCUT2D eigenvalue weighted by Crippen LogP contribution is -0.369. The molecule has 0 heterocycles. The predicted molar refractivity (Wildman–Crippen MR) is 108 cm³/mol. The molecule has 0 aliphatic carbocycles. The lowest BCUT2D eigenvalue weighted by Crippen LogP contribution is -0.382. The van der Waals surface area contributed by atoms with Crippen molar-refractivity contribution in [1.82, 2.24) is 0 Å². The Hall–Kier alpha value is 8.09. The summed E-state index contributed by atoms with van der Waals surface area (Å²) < 4.78 is 0. The summed E-state index contributed by atoms with van der Waals surface area (Å²) in [6, 6.07) is 0. The Balaban J connectivity index is 0. The summed E-state index contributed by atoms with van der Waals surface area (Å²) in [4.78, 5) is 0. The molecule has 0 amide bonds. The second-order valence-electron chi connectivity index (χ2n) is 0. The van der Waals surface area contributed by atoms with E-state index in [0.29, 0.717) is 0 Å². The van der Waals surface area contributed by atoms with Crippen molar-refractivity contribution in [2.45, 2.75) is 0 Å². The van der Waals surface area contributed by atoms with Crippen LogP contribution in [0.4, 0.5) is 0 Å². The standard InChI is InChI=1S/8Al.5Mg.24H. The minimum absolute atomic E-state index is 0. The Morgan fingerprint density at radius 1 is 0.154 bits per heavy atom. The monoisotopic (exact) mass is 360 g/mol. The molecule has 0 aliphatic rings. The highest BCUT2D eigenvalue weighted by atomic mass is 27.0. The third kappa shape index (κ3) is 100. The van der Waals surface area contributed by atoms with Crippen molar-refractivity contribution < 1.29 is 0 Å². The summed E-state index contributed by atoms with van der Waals surface area (Å²) in [5, 5.41) is 0. The quantitative estimate of drug-likeness (QED) is 0.376. The number of hydrogen-bond donors (Lipinski definition) is 0. The van der Waals surface area contributed by atoms with Crippen LogP contribution < -0.4 is 0 Å². The maximum Gasteiger partial charge on any atom is 0.187 e. The molecular weight excluding hydrogens is 337 g/mol. The Kier molecular flexibility index (Phi) is 1120. The molecule has 0 rings (SSSR count). The zero-order valence-electron chi connectivity index (χ0n) is 3.54. The maximum absolute atomic E-state index is 0. The van der Waals surface area contributed by atoms with Crippen LogP contribution in [-0.4, -0.2) is 254 Å². The van der Waals surface area contributed by atoms with Gasteiger partial charge in [-0.05, 0) is 0 Å². The fourth-order valence-corrected chi connectivity index (χ4v) is 0. The van der Waals surface area contributed by atoms with Crippen molar-refractivity contribution in [3.8, 4) is 0 Å². The minimum atomic E-state index is 0. The van der Waals surface area contributed by atoms with E-state index in [1.165, 1.54) is 0 Å². The molecule has 0 fully saturated rings. The van der Waals surface area contributed by atoms with Gasteiger partial charge in [0.2, 0.25) is 0 Å². The molecule has 0 atom stereocenters. The van der Waals surface area contributed by atoms with Gasteiger partial charge < -0.3 is 0 Å². The summed E-state index contributed by atoms with van der Waals surface area (Å²) in [6.07, 6.45) is 0. The summed E-state index contributed by atoms with van der Waals surface area (Å²) in [5.41, 5.74) is 0. The molecular formula is H24Al8Mg5. The van der Waals surface area contributed by atoms with Crippen LogP contribution in [0.1, 0.15) is 0 Å². The maximum atomic E-state index is 0. The van der Waals surface area contributed by atoms with Crippen molar-refractivity contribution in [2.75, 3.05) is 0 Å². The van der Waals surface area contributed by atoms with Gasteiger partial charge >= 0.3 is 0 Å². The van der Waals surface area contributed by atoms with E-state index < -0.39 is 0 Å². The van der Waals surface area contributed by atoms with Crippen LogP contribution in [0.15, 0.2) is 0 Å². The van der Waals surface area contributed by atoms with Gasteiger partial charge in [0.1, 0.15) is 0 Å². The Morgan fingerprint density at radius 3 is 0.154 bits per heavy atom. The molecule has 0 saturated carbocycles. The van der Waals surface area contributed by atoms with Crippen LogP contribution in [0.25, 0.3) is 0 Å². The van der Waals surface area contributed by atoms with E-state index in [1.807, 2.05) is 0 Å². The van der Waals surface area contributed by atoms with Crippen molar-refractivity contribution in [2.24, 2.45) is 0 Å². The molecule has 13 heteroatoms. The molecule has 13 heavy (non-hydrogen) atoms. The first kappa shape index (κ1) is 130. The zero-order chi connectivity index (χ0) is 0. The first-order valence-electron chi connectivity index (χ1n) is 0. The third-order valence-electron chi connectivity index (χ3n) is 0. The first-order chi connectivity index (χ1) is 0. The zero-order valence-corrected chi connectivity index (χ0v) is 10.6. The van der Waals surface area contributed by atoms with Crippen LogP contribution >= 0.6 is 0 Å². The summed E-state index contributed by atoms with van der Waals surface area (Å²) >= 11 is 0. The third-order valence-corrected chi connectivity index (χ3v) is 0. The van der Waals surface area contributed by atoms with Crippen LogP contribution in [0.5, 0.6) is 0 Å². The topological polar surface area (TPSA) is 0 Å². The second-order valence-corrected chi connectivity index (χ2v) is 0. The molecule has 0 aromatic rings. The van der Waals surface area contributed by atoms with Crippen LogP contribution in [-0.2, 0) is 0 Å². The average molecular weight is 362 g/mol. The number of hydrogen-bond acceptors (Lipinski definition) is 0. The normalized spacial score (nSPS) is 0. The first-order valence-corrected chi connectivity index (χ1v) is 0. The summed E-state index contributed by atoms with van der Waals surface area (Å²) in [5.74, 6) is 0. The van der Waals surface area contributed by atoms with E-state index in [-0.39, 0.29) is 254 Å². The largest absolute Gasteiger partial charge is 0.187 e. The highest BCUT2D eigenvalue weighted by molar-refractivity contribution is 5.77. The minimum Gasteiger partial charge on any atom is 0 e. The smallest absolute Gasteiger partial charge is 0 e. The van der Waals surface area contributed by atoms with Crippen molar-refractivity contribution in [1.29, 1.82) is 0 Å². The van der Waals surface area contributed by atoms with E-state index in [2.05, 4.69) is 0 Å². The van der Waals surface area contributed by atoms with E-state index in [1.54, 1.807) is 0 Å². The lowest BCUT2D eigenvalue weighted by molar-refractivity contribution is 5.75. The second kappa shape index (κ2) is 112. The lowest BCUT2D eigenvalue weighted by atomic mass is 24.3. The van der Waals surface area contributed by atoms with Gasteiger partial charge in [-0.25, -0.2) is 0 Å². The van der Waals surface area contributed by atoms with Gasteiger partial charge in [0.15, 0.2) is 139 Å². The molecule has 0 bridgehead atoms. The molecule has 0 unspecified atom stereocenters. The fraction of sp³-hybridized carbons (Fsp3) is 0. The van der Waals surface area contributed by atoms with Crippen molar-refractivity contribution in [3.63, 3.8) is 0 Å². The molecule has 0 aromatic carbocycles. The van der Waals surface area contributed by atoms with Gasteiger partial charge in [-0.3, -0.25) is 0 Å². The molecule has 0 nitrogen and oxygen atoms in total. The van der Waals surface area contributed by atoms with Crippen molar-refractivity contribution >= 4 is 254 Å². The van der Waals surface area contributed by atoms with Crippen LogP contribution in [0.2, 0.25) is 0 Å². The van der Waals surface area contributed by atoms with Gasteiger partial charge in [-0.1, -0.05) is 0 Å². The summed E-state index contributed by atoms with van der Waals surface area (Å²) in [6.45, 7) is 0. The van der Waals surface area contributed by atoms with Gasteiger partial charge in [-0.2, -0.15) is 0 Å². The number of rotatable bonds is 0. The van der Waals surface area contributed by atoms with Crippen molar-refractivity contribution in [3.05, 3.63) is 0 Å². The van der Waals surface area contributed by atoms with Crippen LogP contribution in [0, 0.1) is 0 Å². The van der Waals surface area contributed by atoms with E-state index in [0.717, 1.165) is 0 Å². The molecule has 58 valence electrons. The Bertz CT molecular complexity index is 12.5. The van der Waals surface area contributed by atoms with E-state index in [9.17, 15) is 0 Å². The SMILES string of the molecule is [AlH3].[AlH3].[AlH3].[AlH3].[AlH3].[AlH3].[AlH3].[AlH3].[Mg].[Mg].[Mg].[Mg].[Mg]. The molecule has 0 aliphatic heterocycles. The van der Waals surface area contributed by atoms with Gasteiger partial charge in [0, 0.05) is 115 Å². The lowest BCUT2D eigenvalue weighted by Gasteiger charge is -0.00100. The molecule has 0 aromatic heterocycles. The predicted octanol–water partition coefficient (Wildman–Crippen LogP) is -11.4. The van der Waals surface area contributed by atoms with Gasteiger partial charge in [0.25, 0.3) is 0 Å². The van der Waals surface area contributed by atoms with Gasteiger partial charge in [0.05, 0.1) is 0 Å². The average Bonchev–Trinajstić information content (AvgIpc) is 0. The molecule has 10 radical (unpaired) electrons. The molecule has 0 spiro atoms. The van der Waals surface area contributed by atoms with E-state index in [4.69, 9.17) is 0 Å². The van der Waals surface area contributed by atoms with E-state index >= 15 is 0 Å². The van der Waals surface area contributed by atoms with Gasteiger partial charge in [-0.15, -0.1) is 0 Å².